The number of hydrogen-bond donors (Lipinski definition) is 1. The quantitative estimate of drug-likeness (QED) is 0.826. The second-order valence-electron chi connectivity index (χ2n) is 4.88. The van der Waals surface area contributed by atoms with Crippen LogP contribution < -0.4 is 5.32 Å². The number of aryl methyl sites for hydroxylation is 1. The minimum atomic E-state index is -0.110. The van der Waals surface area contributed by atoms with E-state index >= 15 is 0 Å². The lowest BCUT2D eigenvalue weighted by molar-refractivity contribution is 0.0638. The average molecular weight is 267 g/mol. The van der Waals surface area contributed by atoms with Crippen LogP contribution in [0.4, 0.5) is 0 Å². The van der Waals surface area contributed by atoms with Crippen LogP contribution in [-0.2, 0) is 4.74 Å². The third kappa shape index (κ3) is 3.54. The van der Waals surface area contributed by atoms with Crippen molar-refractivity contribution in [3.8, 4) is 0 Å². The molecule has 1 saturated heterocycles. The van der Waals surface area contributed by atoms with Crippen molar-refractivity contribution < 1.29 is 14.1 Å². The number of hydrogen-bond acceptors (Lipinski definition) is 5. The molecule has 1 aliphatic heterocycles. The van der Waals surface area contributed by atoms with Crippen molar-refractivity contribution in [2.75, 3.05) is 33.4 Å². The minimum Gasteiger partial charge on any atom is -0.383 e. The molecule has 19 heavy (non-hydrogen) atoms. The van der Waals surface area contributed by atoms with Crippen LogP contribution in [0.5, 0.6) is 0 Å². The van der Waals surface area contributed by atoms with Gasteiger partial charge in [0, 0.05) is 31.8 Å². The van der Waals surface area contributed by atoms with E-state index in [0.29, 0.717) is 31.5 Å². The predicted octanol–water partition coefficient (Wildman–Crippen LogP) is 0.824. The zero-order valence-corrected chi connectivity index (χ0v) is 11.5. The normalized spacial score (nSPS) is 18.7. The highest BCUT2D eigenvalue weighted by molar-refractivity contribution is 5.92. The number of carbonyl (C=O) groups excluding carboxylic acids is 1. The molecule has 0 bridgehead atoms. The van der Waals surface area contributed by atoms with E-state index in [1.54, 1.807) is 18.2 Å². The highest BCUT2D eigenvalue weighted by Gasteiger charge is 2.25. The minimum absolute atomic E-state index is 0.110. The van der Waals surface area contributed by atoms with Crippen molar-refractivity contribution in [1.82, 2.24) is 15.4 Å². The molecule has 2 heterocycles. The molecule has 1 N–H and O–H groups in total. The molecule has 1 aromatic rings. The zero-order valence-electron chi connectivity index (χ0n) is 11.5. The molecule has 0 radical (unpaired) electrons. The lowest BCUT2D eigenvalue weighted by Gasteiger charge is -2.24. The van der Waals surface area contributed by atoms with Crippen molar-refractivity contribution in [3.05, 3.63) is 17.5 Å². The summed E-state index contributed by atoms with van der Waals surface area (Å²) in [6.45, 7) is 4.62. The Balaban J connectivity index is 2.03. The van der Waals surface area contributed by atoms with Gasteiger partial charge in [0.05, 0.1) is 12.8 Å². The van der Waals surface area contributed by atoms with Gasteiger partial charge in [-0.25, -0.2) is 0 Å². The van der Waals surface area contributed by atoms with E-state index in [1.807, 2.05) is 6.92 Å². The van der Waals surface area contributed by atoms with E-state index in [9.17, 15) is 4.79 Å². The van der Waals surface area contributed by atoms with Crippen LogP contribution >= 0.6 is 0 Å². The van der Waals surface area contributed by atoms with Crippen molar-refractivity contribution in [1.29, 1.82) is 0 Å². The van der Waals surface area contributed by atoms with Crippen molar-refractivity contribution >= 4 is 5.91 Å². The molecule has 0 spiro atoms. The van der Waals surface area contributed by atoms with E-state index < -0.39 is 0 Å². The highest BCUT2D eigenvalue weighted by atomic mass is 16.5. The molecular weight excluding hydrogens is 246 g/mol. The summed E-state index contributed by atoms with van der Waals surface area (Å²) in [5, 5.41) is 7.07. The molecule has 1 fully saturated rings. The smallest absolute Gasteiger partial charge is 0.292 e. The van der Waals surface area contributed by atoms with E-state index in [0.717, 1.165) is 24.9 Å². The van der Waals surface area contributed by atoms with E-state index in [1.165, 1.54) is 0 Å². The number of ether oxygens (including phenoxy) is 1. The molecule has 1 aliphatic rings. The van der Waals surface area contributed by atoms with Crippen molar-refractivity contribution in [2.45, 2.75) is 25.8 Å². The maximum atomic E-state index is 12.4. The van der Waals surface area contributed by atoms with Crippen molar-refractivity contribution in [2.24, 2.45) is 0 Å². The molecule has 0 saturated carbocycles. The van der Waals surface area contributed by atoms with Crippen LogP contribution in [-0.4, -0.2) is 55.4 Å². The van der Waals surface area contributed by atoms with Gasteiger partial charge < -0.3 is 19.5 Å². The fraction of sp³-hybridized carbons (Fsp3) is 0.692. The van der Waals surface area contributed by atoms with E-state index in [4.69, 9.17) is 9.26 Å². The molecule has 1 unspecified atom stereocenters. The summed E-state index contributed by atoms with van der Waals surface area (Å²) in [5.41, 5.74) is 0.770. The Labute approximate surface area is 113 Å². The Bertz CT molecular complexity index is 413. The molecule has 106 valence electrons. The first-order valence-electron chi connectivity index (χ1n) is 6.65. The lowest BCUT2D eigenvalue weighted by Crippen LogP contribution is -2.42. The predicted molar refractivity (Wildman–Crippen MR) is 70.0 cm³/mol. The standard InChI is InChI=1S/C13H21N3O3/c1-10-8-15-19-12(10)13(17)16(6-7-18-2)9-11-4-3-5-14-11/h8,11,14H,3-7,9H2,1-2H3. The summed E-state index contributed by atoms with van der Waals surface area (Å²) in [5.74, 6) is 0.217. The zero-order chi connectivity index (χ0) is 13.7. The van der Waals surface area contributed by atoms with Gasteiger partial charge in [0.2, 0.25) is 5.76 Å². The first-order valence-corrected chi connectivity index (χ1v) is 6.65. The Hall–Kier alpha value is -1.40. The molecule has 0 aromatic carbocycles. The molecule has 2 rings (SSSR count). The fourth-order valence-electron chi connectivity index (χ4n) is 2.30. The van der Waals surface area contributed by atoms with Crippen LogP contribution in [0.2, 0.25) is 0 Å². The number of rotatable bonds is 6. The first-order chi connectivity index (χ1) is 9.22. The molecule has 6 nitrogen and oxygen atoms in total. The van der Waals surface area contributed by atoms with E-state index in [2.05, 4.69) is 10.5 Å². The maximum absolute atomic E-state index is 12.4. The number of nitrogens with zero attached hydrogens (tertiary/aromatic N) is 2. The van der Waals surface area contributed by atoms with Crippen LogP contribution in [0.25, 0.3) is 0 Å². The molecule has 1 amide bonds. The second-order valence-corrected chi connectivity index (χ2v) is 4.88. The molecule has 0 aliphatic carbocycles. The fourth-order valence-corrected chi connectivity index (χ4v) is 2.30. The Kier molecular flexibility index (Phi) is 4.93. The summed E-state index contributed by atoms with van der Waals surface area (Å²) >= 11 is 0. The average Bonchev–Trinajstić information content (AvgIpc) is 3.05. The number of amides is 1. The van der Waals surface area contributed by atoms with Gasteiger partial charge in [-0.2, -0.15) is 0 Å². The highest BCUT2D eigenvalue weighted by Crippen LogP contribution is 2.13. The third-order valence-electron chi connectivity index (χ3n) is 3.40. The molecule has 1 atom stereocenters. The SMILES string of the molecule is COCCN(CC1CCCN1)C(=O)c1oncc1C. The monoisotopic (exact) mass is 267 g/mol. The van der Waals surface area contributed by atoms with Crippen molar-refractivity contribution in [3.63, 3.8) is 0 Å². The van der Waals surface area contributed by atoms with Crippen LogP contribution in [0.3, 0.4) is 0 Å². The Morgan fingerprint density at radius 2 is 2.53 bits per heavy atom. The van der Waals surface area contributed by atoms with Gasteiger partial charge in [0.25, 0.3) is 5.91 Å². The first kappa shape index (κ1) is 14.0. The largest absolute Gasteiger partial charge is 0.383 e. The van der Waals surface area contributed by atoms with Crippen LogP contribution in [0.15, 0.2) is 10.7 Å². The number of carbonyl (C=O) groups is 1. The summed E-state index contributed by atoms with van der Waals surface area (Å²) in [6, 6.07) is 0.365. The second kappa shape index (κ2) is 6.68. The lowest BCUT2D eigenvalue weighted by atomic mass is 10.2. The van der Waals surface area contributed by atoms with Crippen LogP contribution in [0.1, 0.15) is 29.0 Å². The summed E-state index contributed by atoms with van der Waals surface area (Å²) in [7, 11) is 1.64. The van der Waals surface area contributed by atoms with Gasteiger partial charge in [-0.1, -0.05) is 5.16 Å². The number of methoxy groups -OCH3 is 1. The van der Waals surface area contributed by atoms with Gasteiger partial charge >= 0.3 is 0 Å². The summed E-state index contributed by atoms with van der Waals surface area (Å²) < 4.78 is 10.1. The maximum Gasteiger partial charge on any atom is 0.292 e. The van der Waals surface area contributed by atoms with Gasteiger partial charge in [0.1, 0.15) is 0 Å². The number of aromatic nitrogens is 1. The van der Waals surface area contributed by atoms with Gasteiger partial charge in [-0.15, -0.1) is 0 Å². The molecular formula is C13H21N3O3. The Morgan fingerprint density at radius 3 is 3.11 bits per heavy atom. The van der Waals surface area contributed by atoms with Crippen LogP contribution in [0, 0.1) is 6.92 Å². The molecule has 6 heteroatoms. The summed E-state index contributed by atoms with van der Waals surface area (Å²) in [6.07, 6.45) is 3.83. The van der Waals surface area contributed by atoms with E-state index in [-0.39, 0.29) is 5.91 Å². The number of nitrogens with one attached hydrogen (secondary N) is 1. The Morgan fingerprint density at radius 1 is 1.68 bits per heavy atom. The molecule has 1 aromatic heterocycles. The van der Waals surface area contributed by atoms with Gasteiger partial charge in [0.15, 0.2) is 0 Å². The summed E-state index contributed by atoms with van der Waals surface area (Å²) in [4.78, 5) is 14.2. The van der Waals surface area contributed by atoms with Gasteiger partial charge in [-0.05, 0) is 26.3 Å². The topological polar surface area (TPSA) is 67.6 Å². The van der Waals surface area contributed by atoms with Gasteiger partial charge in [-0.3, -0.25) is 4.79 Å². The third-order valence-corrected chi connectivity index (χ3v) is 3.40.